The summed E-state index contributed by atoms with van der Waals surface area (Å²) in [6.07, 6.45) is 0. The molecule has 0 saturated heterocycles. The molecular weight excluding hydrogens is 350 g/mol. The zero-order valence-corrected chi connectivity index (χ0v) is 13.2. The zero-order chi connectivity index (χ0) is 14.0. The number of sulfonamides is 1. The van der Waals surface area contributed by atoms with Crippen LogP contribution in [0.1, 0.15) is 5.56 Å². The molecule has 0 bridgehead atoms. The minimum Gasteiger partial charge on any atom is -0.279 e. The third-order valence-corrected chi connectivity index (χ3v) is 4.91. The van der Waals surface area contributed by atoms with Crippen molar-refractivity contribution in [1.82, 2.24) is 0 Å². The van der Waals surface area contributed by atoms with Gasteiger partial charge >= 0.3 is 0 Å². The van der Waals surface area contributed by atoms with Crippen LogP contribution in [0.15, 0.2) is 51.8 Å². The van der Waals surface area contributed by atoms with E-state index in [4.69, 9.17) is 11.6 Å². The topological polar surface area (TPSA) is 46.2 Å². The Morgan fingerprint density at radius 2 is 1.84 bits per heavy atom. The lowest BCUT2D eigenvalue weighted by Crippen LogP contribution is -2.14. The molecule has 0 amide bonds. The lowest BCUT2D eigenvalue weighted by molar-refractivity contribution is 0.601. The number of hydrogen-bond acceptors (Lipinski definition) is 2. The molecule has 19 heavy (non-hydrogen) atoms. The van der Waals surface area contributed by atoms with Crippen molar-refractivity contribution in [3.63, 3.8) is 0 Å². The number of anilines is 1. The van der Waals surface area contributed by atoms with Gasteiger partial charge in [-0.15, -0.1) is 0 Å². The number of hydrogen-bond donors (Lipinski definition) is 1. The number of rotatable bonds is 3. The van der Waals surface area contributed by atoms with Gasteiger partial charge in [-0.2, -0.15) is 0 Å². The molecule has 6 heteroatoms. The second kappa shape index (κ2) is 5.53. The minimum atomic E-state index is -3.69. The lowest BCUT2D eigenvalue weighted by atomic mass is 10.2. The van der Waals surface area contributed by atoms with Crippen molar-refractivity contribution < 1.29 is 8.42 Å². The summed E-state index contributed by atoms with van der Waals surface area (Å²) in [4.78, 5) is 0.0561. The molecule has 2 aromatic carbocycles. The average molecular weight is 361 g/mol. The molecule has 0 aliphatic heterocycles. The molecule has 0 heterocycles. The summed E-state index contributed by atoms with van der Waals surface area (Å²) in [5.74, 6) is 0. The molecule has 0 saturated carbocycles. The predicted octanol–water partition coefficient (Wildman–Crippen LogP) is 4.21. The maximum absolute atomic E-state index is 12.3. The largest absolute Gasteiger partial charge is 0.279 e. The standard InChI is InChI=1S/C13H11BrClNO2S/c1-9-4-2-3-5-12(9)16-19(17,18)13-7-6-10(14)8-11(13)15/h2-8,16H,1H3. The smallest absolute Gasteiger partial charge is 0.263 e. The molecule has 0 fully saturated rings. The van der Waals surface area contributed by atoms with Gasteiger partial charge in [-0.05, 0) is 36.8 Å². The molecule has 0 radical (unpaired) electrons. The molecule has 0 unspecified atom stereocenters. The van der Waals surface area contributed by atoms with Crippen molar-refractivity contribution in [2.45, 2.75) is 11.8 Å². The molecule has 0 aliphatic carbocycles. The van der Waals surface area contributed by atoms with E-state index in [1.807, 2.05) is 19.1 Å². The Kier molecular flexibility index (Phi) is 4.18. The van der Waals surface area contributed by atoms with Crippen molar-refractivity contribution in [3.8, 4) is 0 Å². The minimum absolute atomic E-state index is 0.0561. The van der Waals surface area contributed by atoms with E-state index in [0.717, 1.165) is 10.0 Å². The monoisotopic (exact) mass is 359 g/mol. The highest BCUT2D eigenvalue weighted by atomic mass is 79.9. The molecule has 3 nitrogen and oxygen atoms in total. The first-order valence-electron chi connectivity index (χ1n) is 5.43. The van der Waals surface area contributed by atoms with Gasteiger partial charge in [0.2, 0.25) is 0 Å². The number of nitrogens with one attached hydrogen (secondary N) is 1. The van der Waals surface area contributed by atoms with Crippen molar-refractivity contribution >= 4 is 43.2 Å². The highest BCUT2D eigenvalue weighted by Gasteiger charge is 2.18. The fraction of sp³-hybridized carbons (Fsp3) is 0.0769. The number of benzene rings is 2. The molecule has 2 rings (SSSR count). The Hall–Kier alpha value is -1.04. The summed E-state index contributed by atoms with van der Waals surface area (Å²) in [5.41, 5.74) is 1.39. The van der Waals surface area contributed by atoms with E-state index >= 15 is 0 Å². The Balaban J connectivity index is 2.41. The summed E-state index contributed by atoms with van der Waals surface area (Å²) in [6.45, 7) is 1.83. The van der Waals surface area contributed by atoms with Gasteiger partial charge in [-0.3, -0.25) is 4.72 Å². The maximum atomic E-state index is 12.3. The quantitative estimate of drug-likeness (QED) is 0.891. The molecule has 1 N–H and O–H groups in total. The SMILES string of the molecule is Cc1ccccc1NS(=O)(=O)c1ccc(Br)cc1Cl. The van der Waals surface area contributed by atoms with Crippen molar-refractivity contribution in [2.24, 2.45) is 0 Å². The normalized spacial score (nSPS) is 11.3. The third kappa shape index (κ3) is 3.29. The van der Waals surface area contributed by atoms with E-state index in [1.54, 1.807) is 24.3 Å². The van der Waals surface area contributed by atoms with E-state index in [1.165, 1.54) is 6.07 Å². The first-order valence-corrected chi connectivity index (χ1v) is 8.09. The Labute approximate surface area is 125 Å². The molecule has 0 aliphatic rings. The van der Waals surface area contributed by atoms with E-state index in [-0.39, 0.29) is 9.92 Å². The van der Waals surface area contributed by atoms with Crippen LogP contribution < -0.4 is 4.72 Å². The highest BCUT2D eigenvalue weighted by Crippen LogP contribution is 2.27. The number of aryl methyl sites for hydroxylation is 1. The molecule has 0 spiro atoms. The second-order valence-electron chi connectivity index (χ2n) is 4.00. The van der Waals surface area contributed by atoms with E-state index in [0.29, 0.717) is 5.69 Å². The van der Waals surface area contributed by atoms with Gasteiger partial charge < -0.3 is 0 Å². The van der Waals surface area contributed by atoms with Crippen molar-refractivity contribution in [1.29, 1.82) is 0 Å². The molecule has 100 valence electrons. The van der Waals surface area contributed by atoms with Gasteiger partial charge in [0.25, 0.3) is 10.0 Å². The van der Waals surface area contributed by atoms with Gasteiger partial charge in [0.15, 0.2) is 0 Å². The van der Waals surface area contributed by atoms with Crippen LogP contribution in [-0.2, 0) is 10.0 Å². The first kappa shape index (κ1) is 14.4. The first-order chi connectivity index (χ1) is 8.90. The Bertz CT molecular complexity index is 716. The van der Waals surface area contributed by atoms with E-state index in [9.17, 15) is 8.42 Å². The van der Waals surface area contributed by atoms with Crippen molar-refractivity contribution in [2.75, 3.05) is 4.72 Å². The van der Waals surface area contributed by atoms with Crippen LogP contribution in [0, 0.1) is 6.92 Å². The zero-order valence-electron chi connectivity index (χ0n) is 10.0. The van der Waals surface area contributed by atoms with Gasteiger partial charge in [-0.1, -0.05) is 45.7 Å². The van der Waals surface area contributed by atoms with Crippen LogP contribution in [0.5, 0.6) is 0 Å². The van der Waals surface area contributed by atoms with Crippen LogP contribution >= 0.6 is 27.5 Å². The van der Waals surface area contributed by atoms with E-state index in [2.05, 4.69) is 20.7 Å². The summed E-state index contributed by atoms with van der Waals surface area (Å²) < 4.78 is 27.8. The Morgan fingerprint density at radius 1 is 1.16 bits per heavy atom. The second-order valence-corrected chi connectivity index (χ2v) is 6.97. The summed E-state index contributed by atoms with van der Waals surface area (Å²) in [6, 6.07) is 11.8. The summed E-state index contributed by atoms with van der Waals surface area (Å²) in [5, 5.41) is 0.176. The lowest BCUT2D eigenvalue weighted by Gasteiger charge is -2.11. The average Bonchev–Trinajstić information content (AvgIpc) is 2.31. The van der Waals surface area contributed by atoms with Gasteiger partial charge in [0.05, 0.1) is 10.7 Å². The highest BCUT2D eigenvalue weighted by molar-refractivity contribution is 9.10. The molecular formula is C13H11BrClNO2S. The predicted molar refractivity (Wildman–Crippen MR) is 81.1 cm³/mol. The Morgan fingerprint density at radius 3 is 2.47 bits per heavy atom. The molecule has 0 aromatic heterocycles. The van der Waals surface area contributed by atoms with Gasteiger partial charge in [0, 0.05) is 4.47 Å². The summed E-state index contributed by atoms with van der Waals surface area (Å²) in [7, 11) is -3.69. The summed E-state index contributed by atoms with van der Waals surface area (Å²) >= 11 is 9.21. The molecule has 0 atom stereocenters. The van der Waals surface area contributed by atoms with Crippen LogP contribution in [0.3, 0.4) is 0 Å². The van der Waals surface area contributed by atoms with Gasteiger partial charge in [0.1, 0.15) is 4.90 Å². The van der Waals surface area contributed by atoms with Gasteiger partial charge in [-0.25, -0.2) is 8.42 Å². The van der Waals surface area contributed by atoms with Crippen LogP contribution in [0.25, 0.3) is 0 Å². The molecule has 2 aromatic rings. The fourth-order valence-electron chi connectivity index (χ4n) is 1.58. The fourth-order valence-corrected chi connectivity index (χ4v) is 3.75. The van der Waals surface area contributed by atoms with Crippen LogP contribution in [0.2, 0.25) is 5.02 Å². The number of halogens is 2. The van der Waals surface area contributed by atoms with Crippen LogP contribution in [-0.4, -0.2) is 8.42 Å². The number of para-hydroxylation sites is 1. The van der Waals surface area contributed by atoms with Crippen molar-refractivity contribution in [3.05, 3.63) is 57.5 Å². The third-order valence-electron chi connectivity index (χ3n) is 2.57. The van der Waals surface area contributed by atoms with E-state index < -0.39 is 10.0 Å². The maximum Gasteiger partial charge on any atom is 0.263 e. The van der Waals surface area contributed by atoms with Crippen LogP contribution in [0.4, 0.5) is 5.69 Å².